The molecule has 108 valence electrons. The Morgan fingerprint density at radius 1 is 1.42 bits per heavy atom. The van der Waals surface area contributed by atoms with Crippen molar-refractivity contribution in [3.05, 3.63) is 0 Å². The standard InChI is InChI=1S/C13H21NO4S/c1-3-18-10-4-9(5-10)6-12(15)14-8(2)19-7-11(14)13(16)17/h8-11H,3-7H2,1-2H3,(H,16,17). The molecule has 2 fully saturated rings. The number of nitrogens with zero attached hydrogens (tertiary/aromatic N) is 1. The fraction of sp³-hybridized carbons (Fsp3) is 0.846. The molecule has 1 aliphatic heterocycles. The van der Waals surface area contributed by atoms with E-state index >= 15 is 0 Å². The van der Waals surface area contributed by atoms with Gasteiger partial charge in [-0.2, -0.15) is 0 Å². The molecule has 19 heavy (non-hydrogen) atoms. The van der Waals surface area contributed by atoms with Crippen molar-refractivity contribution in [2.45, 2.75) is 50.6 Å². The highest BCUT2D eigenvalue weighted by atomic mass is 32.2. The summed E-state index contributed by atoms with van der Waals surface area (Å²) in [4.78, 5) is 24.9. The Morgan fingerprint density at radius 3 is 2.68 bits per heavy atom. The third-order valence-electron chi connectivity index (χ3n) is 3.85. The number of hydrogen-bond acceptors (Lipinski definition) is 4. The summed E-state index contributed by atoms with van der Waals surface area (Å²) in [7, 11) is 0. The predicted octanol–water partition coefficient (Wildman–Crippen LogP) is 1.57. The normalized spacial score (nSPS) is 34.1. The summed E-state index contributed by atoms with van der Waals surface area (Å²) in [6, 6.07) is -0.657. The smallest absolute Gasteiger partial charge is 0.327 e. The maximum Gasteiger partial charge on any atom is 0.327 e. The number of ether oxygens (including phenoxy) is 1. The molecular formula is C13H21NO4S. The van der Waals surface area contributed by atoms with Crippen LogP contribution in [0.4, 0.5) is 0 Å². The zero-order valence-corrected chi connectivity index (χ0v) is 12.2. The molecular weight excluding hydrogens is 266 g/mol. The van der Waals surface area contributed by atoms with Crippen LogP contribution < -0.4 is 0 Å². The number of carboxylic acids is 1. The van der Waals surface area contributed by atoms with E-state index in [-0.39, 0.29) is 11.3 Å². The van der Waals surface area contributed by atoms with Gasteiger partial charge in [0, 0.05) is 18.8 Å². The molecule has 1 saturated heterocycles. The quantitative estimate of drug-likeness (QED) is 0.831. The van der Waals surface area contributed by atoms with Gasteiger partial charge in [0.05, 0.1) is 11.5 Å². The summed E-state index contributed by atoms with van der Waals surface area (Å²) < 4.78 is 5.47. The average Bonchev–Trinajstić information content (AvgIpc) is 2.68. The minimum Gasteiger partial charge on any atom is -0.480 e. The number of rotatable bonds is 5. The largest absolute Gasteiger partial charge is 0.480 e. The second-order valence-corrected chi connectivity index (χ2v) is 6.56. The summed E-state index contributed by atoms with van der Waals surface area (Å²) in [5.41, 5.74) is 0. The highest BCUT2D eigenvalue weighted by molar-refractivity contribution is 8.00. The maximum atomic E-state index is 12.2. The fourth-order valence-electron chi connectivity index (χ4n) is 2.78. The van der Waals surface area contributed by atoms with Crippen LogP contribution >= 0.6 is 11.8 Å². The molecule has 0 bridgehead atoms. The molecule has 2 rings (SSSR count). The highest BCUT2D eigenvalue weighted by Gasteiger charge is 2.41. The van der Waals surface area contributed by atoms with E-state index in [1.54, 1.807) is 4.90 Å². The lowest BCUT2D eigenvalue weighted by atomic mass is 9.79. The van der Waals surface area contributed by atoms with Gasteiger partial charge in [0.2, 0.25) is 5.91 Å². The van der Waals surface area contributed by atoms with Gasteiger partial charge in [0.15, 0.2) is 0 Å². The Bertz CT molecular complexity index is 357. The van der Waals surface area contributed by atoms with E-state index in [0.29, 0.717) is 30.8 Å². The van der Waals surface area contributed by atoms with Crippen LogP contribution in [0.2, 0.25) is 0 Å². The van der Waals surface area contributed by atoms with Crippen molar-refractivity contribution in [1.29, 1.82) is 0 Å². The van der Waals surface area contributed by atoms with Crippen LogP contribution in [-0.2, 0) is 14.3 Å². The molecule has 1 amide bonds. The molecule has 2 aliphatic rings. The molecule has 0 aromatic heterocycles. The molecule has 0 radical (unpaired) electrons. The molecule has 0 aromatic carbocycles. The van der Waals surface area contributed by atoms with Crippen molar-refractivity contribution < 1.29 is 19.4 Å². The van der Waals surface area contributed by atoms with Gasteiger partial charge in [0.1, 0.15) is 6.04 Å². The van der Waals surface area contributed by atoms with Gasteiger partial charge >= 0.3 is 5.97 Å². The van der Waals surface area contributed by atoms with Crippen LogP contribution in [0.25, 0.3) is 0 Å². The van der Waals surface area contributed by atoms with E-state index in [1.807, 2.05) is 13.8 Å². The van der Waals surface area contributed by atoms with Gasteiger partial charge < -0.3 is 14.7 Å². The third-order valence-corrected chi connectivity index (χ3v) is 5.07. The Kier molecular flexibility index (Phi) is 4.73. The van der Waals surface area contributed by atoms with Gasteiger partial charge in [-0.3, -0.25) is 4.79 Å². The maximum absolute atomic E-state index is 12.2. The lowest BCUT2D eigenvalue weighted by molar-refractivity contribution is -0.150. The first-order valence-electron chi connectivity index (χ1n) is 6.80. The van der Waals surface area contributed by atoms with Crippen LogP contribution in [0.1, 0.15) is 33.1 Å². The van der Waals surface area contributed by atoms with Crippen LogP contribution in [0, 0.1) is 5.92 Å². The van der Waals surface area contributed by atoms with Gasteiger partial charge in [-0.05, 0) is 32.6 Å². The van der Waals surface area contributed by atoms with Crippen LogP contribution in [0.5, 0.6) is 0 Å². The average molecular weight is 287 g/mol. The number of thioether (sulfide) groups is 1. The molecule has 1 aliphatic carbocycles. The molecule has 1 saturated carbocycles. The van der Waals surface area contributed by atoms with Gasteiger partial charge in [-0.25, -0.2) is 4.79 Å². The fourth-order valence-corrected chi connectivity index (χ4v) is 3.97. The van der Waals surface area contributed by atoms with E-state index in [2.05, 4.69) is 0 Å². The summed E-state index contributed by atoms with van der Waals surface area (Å²) in [5.74, 6) is -0.0683. The van der Waals surface area contributed by atoms with Crippen molar-refractivity contribution in [3.63, 3.8) is 0 Å². The number of carbonyl (C=O) groups excluding carboxylic acids is 1. The third kappa shape index (κ3) is 3.23. The van der Waals surface area contributed by atoms with E-state index < -0.39 is 12.0 Å². The lowest BCUT2D eigenvalue weighted by Crippen LogP contribution is -2.46. The SMILES string of the molecule is CCOC1CC(CC(=O)N2C(C)SCC2C(=O)O)C1. The summed E-state index contributed by atoms with van der Waals surface area (Å²) >= 11 is 1.53. The monoisotopic (exact) mass is 287 g/mol. The predicted molar refractivity (Wildman–Crippen MR) is 72.9 cm³/mol. The topological polar surface area (TPSA) is 66.8 Å². The Balaban J connectivity index is 1.84. The molecule has 1 heterocycles. The van der Waals surface area contributed by atoms with E-state index in [4.69, 9.17) is 9.84 Å². The molecule has 0 aromatic rings. The minimum atomic E-state index is -0.897. The highest BCUT2D eigenvalue weighted by Crippen LogP contribution is 2.35. The van der Waals surface area contributed by atoms with Crippen molar-refractivity contribution in [2.75, 3.05) is 12.4 Å². The van der Waals surface area contributed by atoms with Crippen LogP contribution in [0.15, 0.2) is 0 Å². The number of carbonyl (C=O) groups is 2. The molecule has 2 atom stereocenters. The van der Waals surface area contributed by atoms with E-state index in [9.17, 15) is 9.59 Å². The van der Waals surface area contributed by atoms with E-state index in [1.165, 1.54) is 11.8 Å². The number of hydrogen-bond donors (Lipinski definition) is 1. The Hall–Kier alpha value is -0.750. The summed E-state index contributed by atoms with van der Waals surface area (Å²) in [5, 5.41) is 9.11. The molecule has 1 N–H and O–H groups in total. The first kappa shape index (κ1) is 14.7. The van der Waals surface area contributed by atoms with Crippen molar-refractivity contribution >= 4 is 23.6 Å². The second kappa shape index (κ2) is 6.13. The lowest BCUT2D eigenvalue weighted by Gasteiger charge is -2.36. The van der Waals surface area contributed by atoms with Crippen molar-refractivity contribution in [1.82, 2.24) is 4.90 Å². The molecule has 0 spiro atoms. The zero-order valence-electron chi connectivity index (χ0n) is 11.4. The van der Waals surface area contributed by atoms with Crippen molar-refractivity contribution in [2.24, 2.45) is 5.92 Å². The Morgan fingerprint density at radius 2 is 2.11 bits per heavy atom. The van der Waals surface area contributed by atoms with Gasteiger partial charge in [-0.1, -0.05) is 0 Å². The van der Waals surface area contributed by atoms with Gasteiger partial charge in [-0.15, -0.1) is 11.8 Å². The van der Waals surface area contributed by atoms with Gasteiger partial charge in [0.25, 0.3) is 0 Å². The summed E-state index contributed by atoms with van der Waals surface area (Å²) in [6.45, 7) is 4.58. The number of amides is 1. The number of aliphatic carboxylic acids is 1. The first-order valence-corrected chi connectivity index (χ1v) is 7.85. The van der Waals surface area contributed by atoms with E-state index in [0.717, 1.165) is 12.8 Å². The van der Waals surface area contributed by atoms with Crippen LogP contribution in [-0.4, -0.2) is 51.8 Å². The minimum absolute atomic E-state index is 0.0233. The van der Waals surface area contributed by atoms with Crippen molar-refractivity contribution in [3.8, 4) is 0 Å². The first-order chi connectivity index (χ1) is 9.02. The second-order valence-electron chi connectivity index (χ2n) is 5.21. The Labute approximate surface area is 117 Å². The molecule has 6 heteroatoms. The summed E-state index contributed by atoms with van der Waals surface area (Å²) in [6.07, 6.45) is 2.60. The molecule has 2 unspecified atom stereocenters. The zero-order chi connectivity index (χ0) is 14.0. The number of carboxylic acid groups (broad SMARTS) is 1. The van der Waals surface area contributed by atoms with Crippen LogP contribution in [0.3, 0.4) is 0 Å². The molecule has 5 nitrogen and oxygen atoms in total.